The second-order valence-electron chi connectivity index (χ2n) is 8.49. The van der Waals surface area contributed by atoms with Crippen LogP contribution in [0.2, 0.25) is 0 Å². The van der Waals surface area contributed by atoms with E-state index in [0.717, 1.165) is 19.3 Å². The minimum absolute atomic E-state index is 0.0310. The van der Waals surface area contributed by atoms with E-state index >= 15 is 0 Å². The van der Waals surface area contributed by atoms with Crippen molar-refractivity contribution in [2.24, 2.45) is 23.2 Å². The number of non-ortho nitro benzene ring substituents is 1. The van der Waals surface area contributed by atoms with E-state index in [1.807, 2.05) is 0 Å². The third-order valence-electron chi connectivity index (χ3n) is 6.62. The molecule has 144 valence electrons. The van der Waals surface area contributed by atoms with Crippen molar-refractivity contribution >= 4 is 23.1 Å². The molecule has 4 aliphatic carbocycles. The molecule has 1 N–H and O–H groups in total. The number of carbonyl (C=O) groups is 2. The van der Waals surface area contributed by atoms with E-state index in [4.69, 9.17) is 4.74 Å². The number of ether oxygens (including phenoxy) is 1. The Bertz CT molecular complexity index is 768. The van der Waals surface area contributed by atoms with E-state index in [1.165, 1.54) is 44.6 Å². The highest BCUT2D eigenvalue weighted by Gasteiger charge is 2.54. The van der Waals surface area contributed by atoms with Crippen molar-refractivity contribution in [2.45, 2.75) is 44.9 Å². The molecule has 0 radical (unpaired) electrons. The van der Waals surface area contributed by atoms with Gasteiger partial charge in [0.05, 0.1) is 24.1 Å². The molecule has 4 aliphatic rings. The summed E-state index contributed by atoms with van der Waals surface area (Å²) in [6, 6.07) is 4.01. The number of hydrogen-bond acceptors (Lipinski definition) is 5. The van der Waals surface area contributed by atoms with Crippen LogP contribution in [0.1, 0.15) is 44.9 Å². The van der Waals surface area contributed by atoms with Gasteiger partial charge in [-0.15, -0.1) is 0 Å². The number of Topliss-reactive ketones (excluding diaryl/α,β-unsaturated/α-hetero) is 1. The Morgan fingerprint density at radius 1 is 1.19 bits per heavy atom. The van der Waals surface area contributed by atoms with Crippen LogP contribution in [0.4, 0.5) is 11.4 Å². The van der Waals surface area contributed by atoms with Crippen molar-refractivity contribution in [1.82, 2.24) is 0 Å². The fourth-order valence-corrected chi connectivity index (χ4v) is 5.89. The molecule has 0 spiro atoms. The molecular weight excluding hydrogens is 348 g/mol. The molecule has 7 heteroatoms. The van der Waals surface area contributed by atoms with Crippen molar-refractivity contribution in [2.75, 3.05) is 12.4 Å². The lowest BCUT2D eigenvalue weighted by Gasteiger charge is -2.55. The van der Waals surface area contributed by atoms with Gasteiger partial charge in [-0.25, -0.2) is 0 Å². The third-order valence-corrected chi connectivity index (χ3v) is 6.62. The van der Waals surface area contributed by atoms with Crippen LogP contribution in [0, 0.1) is 33.3 Å². The van der Waals surface area contributed by atoms with Crippen LogP contribution >= 0.6 is 0 Å². The lowest BCUT2D eigenvalue weighted by Crippen LogP contribution is -2.50. The summed E-state index contributed by atoms with van der Waals surface area (Å²) in [5, 5.41) is 13.6. The van der Waals surface area contributed by atoms with E-state index in [0.29, 0.717) is 23.5 Å². The predicted octanol–water partition coefficient (Wildman–Crippen LogP) is 3.72. The van der Waals surface area contributed by atoms with Gasteiger partial charge in [0.1, 0.15) is 11.5 Å². The van der Waals surface area contributed by atoms with Gasteiger partial charge in [-0.05, 0) is 62.3 Å². The smallest absolute Gasteiger partial charge is 0.271 e. The zero-order valence-corrected chi connectivity index (χ0v) is 15.4. The monoisotopic (exact) mass is 372 g/mol. The van der Waals surface area contributed by atoms with E-state index in [2.05, 4.69) is 5.32 Å². The molecule has 27 heavy (non-hydrogen) atoms. The maximum Gasteiger partial charge on any atom is 0.271 e. The van der Waals surface area contributed by atoms with Gasteiger partial charge >= 0.3 is 0 Å². The standard InChI is InChI=1S/C20H24N2O5/c1-27-17-3-2-15(22(25)26)7-16(17)21-19(24)8-18(23)20-9-12-4-13(10-20)6-14(5-12)11-20/h2-3,7,12-14H,4-6,8-11H2,1H3,(H,21,24). The largest absolute Gasteiger partial charge is 0.495 e. The molecule has 1 aromatic carbocycles. The van der Waals surface area contributed by atoms with E-state index < -0.39 is 10.8 Å². The van der Waals surface area contributed by atoms with Gasteiger partial charge in [0, 0.05) is 17.5 Å². The minimum atomic E-state index is -0.532. The van der Waals surface area contributed by atoms with Crippen LogP contribution in [-0.2, 0) is 9.59 Å². The third kappa shape index (κ3) is 3.31. The molecule has 4 bridgehead atoms. The predicted molar refractivity (Wildman–Crippen MR) is 98.5 cm³/mol. The highest BCUT2D eigenvalue weighted by Crippen LogP contribution is 2.60. The molecule has 1 amide bonds. The summed E-state index contributed by atoms with van der Waals surface area (Å²) >= 11 is 0. The van der Waals surface area contributed by atoms with Crippen LogP contribution < -0.4 is 10.1 Å². The Morgan fingerprint density at radius 3 is 2.30 bits per heavy atom. The summed E-state index contributed by atoms with van der Waals surface area (Å²) in [4.78, 5) is 36.0. The molecule has 0 heterocycles. The van der Waals surface area contributed by atoms with Gasteiger partial charge in [-0.3, -0.25) is 19.7 Å². The van der Waals surface area contributed by atoms with Crippen molar-refractivity contribution < 1.29 is 19.2 Å². The fourth-order valence-electron chi connectivity index (χ4n) is 5.89. The Hall–Kier alpha value is -2.44. The Balaban J connectivity index is 1.46. The van der Waals surface area contributed by atoms with Crippen LogP contribution in [-0.4, -0.2) is 23.7 Å². The molecule has 0 aromatic heterocycles. The number of carbonyl (C=O) groups excluding carboxylic acids is 2. The topological polar surface area (TPSA) is 98.5 Å². The van der Waals surface area contributed by atoms with Crippen LogP contribution in [0.15, 0.2) is 18.2 Å². The summed E-state index contributed by atoms with van der Waals surface area (Å²) in [5.41, 5.74) is -0.243. The number of anilines is 1. The lowest BCUT2D eigenvalue weighted by atomic mass is 9.48. The van der Waals surface area contributed by atoms with Crippen LogP contribution in [0.3, 0.4) is 0 Å². The van der Waals surface area contributed by atoms with Crippen molar-refractivity contribution in [3.05, 3.63) is 28.3 Å². The quantitative estimate of drug-likeness (QED) is 0.466. The van der Waals surface area contributed by atoms with Gasteiger partial charge in [-0.1, -0.05) is 0 Å². The maximum atomic E-state index is 13.0. The number of hydrogen-bond donors (Lipinski definition) is 1. The zero-order chi connectivity index (χ0) is 19.2. The summed E-state index contributed by atoms with van der Waals surface area (Å²) in [7, 11) is 1.43. The number of amides is 1. The fraction of sp³-hybridized carbons (Fsp3) is 0.600. The Kier molecular flexibility index (Phi) is 4.40. The number of nitrogens with one attached hydrogen (secondary N) is 1. The minimum Gasteiger partial charge on any atom is -0.495 e. The first kappa shape index (κ1) is 17.9. The first-order valence-electron chi connectivity index (χ1n) is 9.54. The van der Waals surface area contributed by atoms with Crippen LogP contribution in [0.25, 0.3) is 0 Å². The number of ketones is 1. The second kappa shape index (κ2) is 6.62. The molecule has 1 aromatic rings. The first-order chi connectivity index (χ1) is 12.9. The van der Waals surface area contributed by atoms with Crippen molar-refractivity contribution in [3.63, 3.8) is 0 Å². The van der Waals surface area contributed by atoms with Gasteiger partial charge in [-0.2, -0.15) is 0 Å². The maximum absolute atomic E-state index is 13.0. The molecule has 0 saturated heterocycles. The Labute approximate surface area is 157 Å². The number of rotatable bonds is 6. The average Bonchev–Trinajstić information content (AvgIpc) is 2.60. The molecule has 0 aliphatic heterocycles. The van der Waals surface area contributed by atoms with Crippen molar-refractivity contribution in [1.29, 1.82) is 0 Å². The zero-order valence-electron chi connectivity index (χ0n) is 15.4. The SMILES string of the molecule is COc1ccc([N+](=O)[O-])cc1NC(=O)CC(=O)C12CC3CC(CC(C3)C1)C2. The number of methoxy groups -OCH3 is 1. The van der Waals surface area contributed by atoms with Gasteiger partial charge in [0.2, 0.25) is 5.91 Å². The number of nitro benzene ring substituents is 1. The molecule has 0 atom stereocenters. The second-order valence-corrected chi connectivity index (χ2v) is 8.49. The molecular formula is C20H24N2O5. The van der Waals surface area contributed by atoms with E-state index in [9.17, 15) is 19.7 Å². The summed E-state index contributed by atoms with van der Waals surface area (Å²) in [6.45, 7) is 0. The highest BCUT2D eigenvalue weighted by atomic mass is 16.6. The van der Waals surface area contributed by atoms with Gasteiger partial charge in [0.25, 0.3) is 5.69 Å². The highest BCUT2D eigenvalue weighted by molar-refractivity contribution is 6.07. The summed E-state index contributed by atoms with van der Waals surface area (Å²) in [5.74, 6) is 1.84. The van der Waals surface area contributed by atoms with Gasteiger partial charge in [0.15, 0.2) is 0 Å². The first-order valence-corrected chi connectivity index (χ1v) is 9.54. The normalized spacial score (nSPS) is 30.8. The molecule has 4 saturated carbocycles. The molecule has 0 unspecified atom stereocenters. The lowest BCUT2D eigenvalue weighted by molar-refractivity contribution is -0.384. The van der Waals surface area contributed by atoms with Crippen molar-refractivity contribution in [3.8, 4) is 5.75 Å². The molecule has 5 rings (SSSR count). The summed E-state index contributed by atoms with van der Waals surface area (Å²) in [6.07, 6.45) is 6.30. The van der Waals surface area contributed by atoms with Gasteiger partial charge < -0.3 is 10.1 Å². The molecule has 4 fully saturated rings. The van der Waals surface area contributed by atoms with Crippen LogP contribution in [0.5, 0.6) is 5.75 Å². The molecule has 7 nitrogen and oxygen atoms in total. The summed E-state index contributed by atoms with van der Waals surface area (Å²) < 4.78 is 5.16. The number of benzene rings is 1. The van der Waals surface area contributed by atoms with E-state index in [1.54, 1.807) is 0 Å². The average molecular weight is 372 g/mol. The number of nitro groups is 1. The number of nitrogens with zero attached hydrogens (tertiary/aromatic N) is 1. The Morgan fingerprint density at radius 2 is 1.78 bits per heavy atom. The van der Waals surface area contributed by atoms with E-state index in [-0.39, 0.29) is 29.0 Å².